The molecule has 3 aromatic heterocycles. The maximum absolute atomic E-state index is 12.6. The Balaban J connectivity index is 1.87. The van der Waals surface area contributed by atoms with Gasteiger partial charge in [-0.05, 0) is 23.8 Å². The maximum atomic E-state index is 12.6. The van der Waals surface area contributed by atoms with E-state index in [1.807, 2.05) is 55.9 Å². The minimum atomic E-state index is -0.162. The van der Waals surface area contributed by atoms with E-state index in [4.69, 9.17) is 4.98 Å². The van der Waals surface area contributed by atoms with Crippen molar-refractivity contribution < 1.29 is 0 Å². The summed E-state index contributed by atoms with van der Waals surface area (Å²) in [5, 5.41) is 9.89. The zero-order chi connectivity index (χ0) is 21.1. The molecule has 0 saturated heterocycles. The van der Waals surface area contributed by atoms with Crippen molar-refractivity contribution in [1.29, 1.82) is 0 Å². The number of hydrogen-bond donors (Lipinski definition) is 2. The van der Waals surface area contributed by atoms with Crippen molar-refractivity contribution in [3.05, 3.63) is 78.0 Å². The van der Waals surface area contributed by atoms with Crippen molar-refractivity contribution >= 4 is 33.2 Å². The molecule has 0 amide bonds. The number of aromatic amines is 1. The van der Waals surface area contributed by atoms with Crippen molar-refractivity contribution in [3.63, 3.8) is 0 Å². The van der Waals surface area contributed by atoms with Crippen molar-refractivity contribution in [2.75, 3.05) is 18.9 Å². The number of H-pyrrole nitrogens is 1. The third-order valence-corrected chi connectivity index (χ3v) is 4.90. The van der Waals surface area contributed by atoms with Gasteiger partial charge in [-0.1, -0.05) is 30.9 Å². The summed E-state index contributed by atoms with van der Waals surface area (Å²) in [7, 11) is 3.63. The summed E-state index contributed by atoms with van der Waals surface area (Å²) in [6.07, 6.45) is 10.8. The molecule has 0 unspecified atom stereocenters. The monoisotopic (exact) mass is 398 g/mol. The highest BCUT2D eigenvalue weighted by molar-refractivity contribution is 6.11. The van der Waals surface area contributed by atoms with Crippen LogP contribution in [0.1, 0.15) is 0 Å². The van der Waals surface area contributed by atoms with Crippen molar-refractivity contribution in [3.8, 4) is 11.1 Å². The normalized spacial score (nSPS) is 12.1. The number of aliphatic imine (C=N–C) groups is 1. The van der Waals surface area contributed by atoms with Gasteiger partial charge in [0.25, 0.3) is 5.56 Å². The lowest BCUT2D eigenvalue weighted by Crippen LogP contribution is -2.14. The van der Waals surface area contributed by atoms with Crippen LogP contribution >= 0.6 is 0 Å². The first-order chi connectivity index (χ1) is 14.6. The molecule has 150 valence electrons. The first-order valence-electron chi connectivity index (χ1n) is 9.53. The predicted molar refractivity (Wildman–Crippen MR) is 123 cm³/mol. The molecule has 1 aromatic carbocycles. The zero-order valence-electron chi connectivity index (χ0n) is 16.9. The van der Waals surface area contributed by atoms with E-state index >= 15 is 0 Å². The molecule has 30 heavy (non-hydrogen) atoms. The average molecular weight is 398 g/mol. The molecule has 0 atom stereocenters. The quantitative estimate of drug-likeness (QED) is 0.294. The fourth-order valence-corrected chi connectivity index (χ4v) is 3.41. The van der Waals surface area contributed by atoms with Crippen LogP contribution in [0.2, 0.25) is 0 Å². The second-order valence-electron chi connectivity index (χ2n) is 6.85. The fraction of sp³-hybridized carbons (Fsp3) is 0.130. The van der Waals surface area contributed by atoms with Crippen molar-refractivity contribution in [2.24, 2.45) is 12.0 Å². The number of nitrogens with one attached hydrogen (secondary N) is 2. The smallest absolute Gasteiger partial charge is 0.258 e. The van der Waals surface area contributed by atoms with E-state index in [1.165, 1.54) is 0 Å². The summed E-state index contributed by atoms with van der Waals surface area (Å²) in [4.78, 5) is 24.4. The van der Waals surface area contributed by atoms with Gasteiger partial charge in [-0.15, -0.1) is 0 Å². The van der Waals surface area contributed by atoms with Gasteiger partial charge in [0.1, 0.15) is 5.82 Å². The number of nitrogens with zero attached hydrogens (tertiary/aromatic N) is 4. The van der Waals surface area contributed by atoms with Gasteiger partial charge in [0.15, 0.2) is 0 Å². The minimum Gasteiger partial charge on any atom is -0.364 e. The third-order valence-electron chi connectivity index (χ3n) is 4.90. The molecule has 0 spiro atoms. The van der Waals surface area contributed by atoms with Gasteiger partial charge in [-0.2, -0.15) is 5.10 Å². The molecule has 7 nitrogen and oxygen atoms in total. The number of anilines is 1. The van der Waals surface area contributed by atoms with Crippen LogP contribution in [0.4, 0.5) is 5.82 Å². The number of fused-ring (bicyclic) bond motifs is 3. The van der Waals surface area contributed by atoms with Gasteiger partial charge in [0.2, 0.25) is 0 Å². The van der Waals surface area contributed by atoms with Gasteiger partial charge in [0, 0.05) is 42.8 Å². The Morgan fingerprint density at radius 2 is 2.17 bits per heavy atom. The highest BCUT2D eigenvalue weighted by Gasteiger charge is 2.13. The standard InChI is InChI=1S/C23H22N6O/c1-4-5-6-17(24-2)13-26-22-18-8-7-15(16-12-27-29(3)14-16)11-19(18)21-20(28-22)9-10-25-23(21)30/h4-12,14H,1,13H2,2-3H3,(H,25,30)(H,26,28)/b6-5-,24-17+. The van der Waals surface area contributed by atoms with Crippen LogP contribution in [-0.2, 0) is 7.05 Å². The van der Waals surface area contributed by atoms with E-state index in [0.717, 1.165) is 27.6 Å². The first kappa shape index (κ1) is 19.3. The van der Waals surface area contributed by atoms with Crippen LogP contribution in [-0.4, -0.2) is 39.1 Å². The highest BCUT2D eigenvalue weighted by Crippen LogP contribution is 2.31. The lowest BCUT2D eigenvalue weighted by Gasteiger charge is -2.12. The van der Waals surface area contributed by atoms with E-state index < -0.39 is 0 Å². The summed E-state index contributed by atoms with van der Waals surface area (Å²) < 4.78 is 1.76. The van der Waals surface area contributed by atoms with E-state index in [0.29, 0.717) is 23.3 Å². The van der Waals surface area contributed by atoms with Gasteiger partial charge in [-0.3, -0.25) is 14.5 Å². The molecule has 4 rings (SSSR count). The molecule has 7 heteroatoms. The van der Waals surface area contributed by atoms with Crippen LogP contribution in [0, 0.1) is 0 Å². The number of rotatable bonds is 6. The molecule has 3 heterocycles. The molecule has 0 aliphatic rings. The number of aromatic nitrogens is 4. The topological polar surface area (TPSA) is 88.0 Å². The molecule has 0 saturated carbocycles. The molecular weight excluding hydrogens is 376 g/mol. The van der Waals surface area contributed by atoms with Crippen LogP contribution < -0.4 is 10.9 Å². The Labute approximate surface area is 173 Å². The second-order valence-corrected chi connectivity index (χ2v) is 6.85. The number of hydrogen-bond acceptors (Lipinski definition) is 5. The van der Waals surface area contributed by atoms with E-state index in [-0.39, 0.29) is 5.56 Å². The summed E-state index contributed by atoms with van der Waals surface area (Å²) in [5.41, 5.74) is 3.31. The highest BCUT2D eigenvalue weighted by atomic mass is 16.1. The SMILES string of the molecule is C=C/C=C\C(CNc1nc2cc[nH]c(=O)c2c2cc(-c3cnn(C)c3)ccc12)=N/C. The molecule has 2 N–H and O–H groups in total. The summed E-state index contributed by atoms with van der Waals surface area (Å²) in [6, 6.07) is 7.83. The number of benzene rings is 1. The summed E-state index contributed by atoms with van der Waals surface area (Å²) in [5.74, 6) is 0.703. The molecule has 0 fully saturated rings. The van der Waals surface area contributed by atoms with E-state index in [1.54, 1.807) is 24.0 Å². The van der Waals surface area contributed by atoms with Crippen molar-refractivity contribution in [2.45, 2.75) is 0 Å². The van der Waals surface area contributed by atoms with E-state index in [2.05, 4.69) is 27.0 Å². The van der Waals surface area contributed by atoms with Crippen LogP contribution in [0.5, 0.6) is 0 Å². The number of pyridine rings is 2. The molecule has 0 bridgehead atoms. The van der Waals surface area contributed by atoms with Crippen LogP contribution in [0.3, 0.4) is 0 Å². The summed E-state index contributed by atoms with van der Waals surface area (Å²) in [6.45, 7) is 4.19. The Morgan fingerprint density at radius 3 is 2.90 bits per heavy atom. The lowest BCUT2D eigenvalue weighted by molar-refractivity contribution is 0.768. The molecule has 0 radical (unpaired) electrons. The number of allylic oxidation sites excluding steroid dienone is 2. The lowest BCUT2D eigenvalue weighted by atomic mass is 10.0. The van der Waals surface area contributed by atoms with E-state index in [9.17, 15) is 4.79 Å². The predicted octanol–water partition coefficient (Wildman–Crippen LogP) is 3.70. The molecule has 4 aromatic rings. The molecular formula is C23H22N6O. The Morgan fingerprint density at radius 1 is 1.30 bits per heavy atom. The molecule has 0 aliphatic heterocycles. The van der Waals surface area contributed by atoms with Crippen LogP contribution in [0.25, 0.3) is 32.8 Å². The van der Waals surface area contributed by atoms with Gasteiger partial charge in [0.05, 0.1) is 29.4 Å². The number of aryl methyl sites for hydroxylation is 1. The second kappa shape index (κ2) is 8.16. The zero-order valence-corrected chi connectivity index (χ0v) is 16.9. The Kier molecular flexibility index (Phi) is 5.26. The Bertz CT molecular complexity index is 1360. The Hall–Kier alpha value is -4.00. The molecule has 0 aliphatic carbocycles. The van der Waals surface area contributed by atoms with Gasteiger partial charge in [-0.25, -0.2) is 4.98 Å². The largest absolute Gasteiger partial charge is 0.364 e. The first-order valence-corrected chi connectivity index (χ1v) is 9.53. The van der Waals surface area contributed by atoms with Gasteiger partial charge >= 0.3 is 0 Å². The van der Waals surface area contributed by atoms with Gasteiger partial charge < -0.3 is 10.3 Å². The maximum Gasteiger partial charge on any atom is 0.258 e. The average Bonchev–Trinajstić information content (AvgIpc) is 3.19. The summed E-state index contributed by atoms with van der Waals surface area (Å²) >= 11 is 0. The minimum absolute atomic E-state index is 0.162. The fourth-order valence-electron chi connectivity index (χ4n) is 3.41. The van der Waals surface area contributed by atoms with Crippen LogP contribution in [0.15, 0.2) is 77.4 Å². The third kappa shape index (κ3) is 3.65. The van der Waals surface area contributed by atoms with Crippen molar-refractivity contribution in [1.82, 2.24) is 19.7 Å².